The van der Waals surface area contributed by atoms with E-state index in [1.807, 2.05) is 6.07 Å². The molecule has 1 aliphatic heterocycles. The minimum atomic E-state index is 0.503. The number of nitrogens with zero attached hydrogens (tertiary/aromatic N) is 2. The molecule has 1 aromatic carbocycles. The van der Waals surface area contributed by atoms with Gasteiger partial charge in [-0.3, -0.25) is 9.88 Å². The van der Waals surface area contributed by atoms with E-state index < -0.39 is 0 Å². The first-order valence-electron chi connectivity index (χ1n) is 11.2. The maximum atomic E-state index is 5.60. The Bertz CT molecular complexity index is 907. The van der Waals surface area contributed by atoms with E-state index in [9.17, 15) is 0 Å². The molecule has 1 saturated carbocycles. The molecule has 2 fully saturated rings. The monoisotopic (exact) mass is 395 g/mol. The Morgan fingerprint density at radius 2 is 1.86 bits per heavy atom. The molecule has 1 saturated heterocycles. The van der Waals surface area contributed by atoms with E-state index in [2.05, 4.69) is 23.2 Å². The number of aromatic nitrogens is 1. The van der Waals surface area contributed by atoms with Gasteiger partial charge in [0, 0.05) is 41.5 Å². The molecule has 2 heterocycles. The molecule has 0 unspecified atom stereocenters. The van der Waals surface area contributed by atoms with Gasteiger partial charge in [0.05, 0.1) is 19.7 Å². The van der Waals surface area contributed by atoms with Gasteiger partial charge in [0.15, 0.2) is 11.5 Å². The Kier molecular flexibility index (Phi) is 5.02. The molecule has 0 bridgehead atoms. The molecular formula is C24H33N3O2. The van der Waals surface area contributed by atoms with Crippen molar-refractivity contribution in [1.29, 1.82) is 0 Å². The Morgan fingerprint density at radius 3 is 2.62 bits per heavy atom. The van der Waals surface area contributed by atoms with E-state index in [1.54, 1.807) is 14.2 Å². The number of hydrogen-bond acceptors (Lipinski definition) is 5. The zero-order valence-electron chi connectivity index (χ0n) is 18.0. The van der Waals surface area contributed by atoms with Gasteiger partial charge in [-0.2, -0.15) is 0 Å². The van der Waals surface area contributed by atoms with Gasteiger partial charge in [-0.05, 0) is 69.0 Å². The molecule has 1 atom stereocenters. The highest BCUT2D eigenvalue weighted by atomic mass is 16.5. The van der Waals surface area contributed by atoms with Crippen molar-refractivity contribution in [3.8, 4) is 11.5 Å². The van der Waals surface area contributed by atoms with Crippen molar-refractivity contribution in [3.05, 3.63) is 23.4 Å². The van der Waals surface area contributed by atoms with Crippen LogP contribution in [0.5, 0.6) is 11.5 Å². The van der Waals surface area contributed by atoms with Crippen LogP contribution in [0.2, 0.25) is 0 Å². The van der Waals surface area contributed by atoms with Crippen LogP contribution in [0.4, 0.5) is 5.69 Å². The molecule has 156 valence electrons. The molecule has 29 heavy (non-hydrogen) atoms. The normalized spacial score (nSPS) is 26.8. The summed E-state index contributed by atoms with van der Waals surface area (Å²) in [6.07, 6.45) is 8.65. The van der Waals surface area contributed by atoms with Crippen LogP contribution in [0.1, 0.15) is 50.3 Å². The summed E-state index contributed by atoms with van der Waals surface area (Å²) in [6, 6.07) is 5.44. The Morgan fingerprint density at radius 1 is 1.07 bits per heavy atom. The first kappa shape index (κ1) is 19.0. The number of pyridine rings is 1. The third kappa shape index (κ3) is 3.43. The maximum absolute atomic E-state index is 5.60. The smallest absolute Gasteiger partial charge is 0.162 e. The second-order valence-corrected chi connectivity index (χ2v) is 9.20. The summed E-state index contributed by atoms with van der Waals surface area (Å²) < 4.78 is 11.1. The number of benzene rings is 1. The van der Waals surface area contributed by atoms with Gasteiger partial charge in [0.25, 0.3) is 0 Å². The van der Waals surface area contributed by atoms with E-state index in [0.29, 0.717) is 6.04 Å². The zero-order valence-corrected chi connectivity index (χ0v) is 18.0. The van der Waals surface area contributed by atoms with E-state index in [0.717, 1.165) is 53.7 Å². The summed E-state index contributed by atoms with van der Waals surface area (Å²) in [5, 5.41) is 5.14. The van der Waals surface area contributed by atoms with Gasteiger partial charge in [-0.25, -0.2) is 0 Å². The molecule has 1 aromatic heterocycles. The molecule has 0 spiro atoms. The summed E-state index contributed by atoms with van der Waals surface area (Å²) in [6.45, 7) is 4.79. The van der Waals surface area contributed by atoms with E-state index in [4.69, 9.17) is 14.5 Å². The largest absolute Gasteiger partial charge is 0.493 e. The van der Waals surface area contributed by atoms with Crippen molar-refractivity contribution in [1.82, 2.24) is 9.88 Å². The van der Waals surface area contributed by atoms with Crippen LogP contribution in [0.3, 0.4) is 0 Å². The van der Waals surface area contributed by atoms with Crippen molar-refractivity contribution in [3.63, 3.8) is 0 Å². The number of fused-ring (bicyclic) bond motifs is 2. The van der Waals surface area contributed by atoms with Gasteiger partial charge in [0.2, 0.25) is 0 Å². The second kappa shape index (κ2) is 7.67. The summed E-state index contributed by atoms with van der Waals surface area (Å²) in [7, 11) is 3.39. The van der Waals surface area contributed by atoms with Crippen LogP contribution in [0.15, 0.2) is 12.1 Å². The maximum Gasteiger partial charge on any atom is 0.162 e. The van der Waals surface area contributed by atoms with Gasteiger partial charge in [-0.15, -0.1) is 0 Å². The van der Waals surface area contributed by atoms with E-state index in [1.165, 1.54) is 55.6 Å². The number of ether oxygens (including phenoxy) is 2. The fourth-order valence-electron chi connectivity index (χ4n) is 5.57. The predicted octanol–water partition coefficient (Wildman–Crippen LogP) is 4.42. The molecule has 5 rings (SSSR count). The first-order valence-corrected chi connectivity index (χ1v) is 11.2. The predicted molar refractivity (Wildman–Crippen MR) is 117 cm³/mol. The summed E-state index contributed by atoms with van der Waals surface area (Å²) in [5.74, 6) is 2.43. The molecule has 1 N–H and O–H groups in total. The lowest BCUT2D eigenvalue weighted by molar-refractivity contribution is 0.0651. The highest BCUT2D eigenvalue weighted by molar-refractivity contribution is 5.96. The number of likely N-dealkylation sites (tertiary alicyclic amines) is 1. The minimum absolute atomic E-state index is 0.503. The number of nitrogens with one attached hydrogen (secondary N) is 1. The highest BCUT2D eigenvalue weighted by Gasteiger charge is 2.34. The van der Waals surface area contributed by atoms with Crippen molar-refractivity contribution >= 4 is 16.6 Å². The fraction of sp³-hybridized carbons (Fsp3) is 0.625. The van der Waals surface area contributed by atoms with Gasteiger partial charge >= 0.3 is 0 Å². The molecule has 2 aliphatic carbocycles. The Balaban J connectivity index is 1.48. The van der Waals surface area contributed by atoms with Gasteiger partial charge in [0.1, 0.15) is 0 Å². The lowest BCUT2D eigenvalue weighted by Gasteiger charge is -2.45. The molecule has 5 heteroatoms. The molecule has 0 radical (unpaired) electrons. The van der Waals surface area contributed by atoms with Crippen molar-refractivity contribution in [2.45, 2.75) is 64.0 Å². The van der Waals surface area contributed by atoms with Crippen LogP contribution in [-0.2, 0) is 12.8 Å². The van der Waals surface area contributed by atoms with Gasteiger partial charge in [-0.1, -0.05) is 6.92 Å². The van der Waals surface area contributed by atoms with Crippen molar-refractivity contribution in [2.24, 2.45) is 5.92 Å². The molecule has 2 aromatic rings. The number of piperidine rings is 1. The number of methoxy groups -OCH3 is 2. The second-order valence-electron chi connectivity index (χ2n) is 9.20. The molecular weight excluding hydrogens is 362 g/mol. The average Bonchev–Trinajstić information content (AvgIpc) is 3.19. The summed E-state index contributed by atoms with van der Waals surface area (Å²) in [5.41, 5.74) is 4.97. The highest BCUT2D eigenvalue weighted by Crippen LogP contribution is 2.40. The SMILES string of the molecule is COc1cc2nc3c(c(N[C@@H]4CCCN(C5CC(C)C5)C4)c2cc1OC)CCC3. The van der Waals surface area contributed by atoms with Crippen LogP contribution in [0, 0.1) is 5.92 Å². The third-order valence-corrected chi connectivity index (χ3v) is 7.18. The lowest BCUT2D eigenvalue weighted by atomic mass is 9.80. The summed E-state index contributed by atoms with van der Waals surface area (Å²) in [4.78, 5) is 7.71. The van der Waals surface area contributed by atoms with Crippen LogP contribution in [-0.4, -0.2) is 49.3 Å². The van der Waals surface area contributed by atoms with Crippen LogP contribution >= 0.6 is 0 Å². The minimum Gasteiger partial charge on any atom is -0.493 e. The Labute approximate surface area is 173 Å². The van der Waals surface area contributed by atoms with Gasteiger partial charge < -0.3 is 14.8 Å². The number of aryl methyl sites for hydroxylation is 1. The van der Waals surface area contributed by atoms with Crippen molar-refractivity contribution in [2.75, 3.05) is 32.6 Å². The van der Waals surface area contributed by atoms with Crippen LogP contribution in [0.25, 0.3) is 10.9 Å². The lowest BCUT2D eigenvalue weighted by Crippen LogP contribution is -2.51. The molecule has 3 aliphatic rings. The molecule has 0 amide bonds. The number of hydrogen-bond donors (Lipinski definition) is 1. The Hall–Kier alpha value is -2.01. The quantitative estimate of drug-likeness (QED) is 0.812. The number of anilines is 1. The van der Waals surface area contributed by atoms with E-state index >= 15 is 0 Å². The van der Waals surface area contributed by atoms with Crippen LogP contribution < -0.4 is 14.8 Å². The zero-order chi connectivity index (χ0) is 20.0. The average molecular weight is 396 g/mol. The topological polar surface area (TPSA) is 46.6 Å². The molecule has 5 nitrogen and oxygen atoms in total. The van der Waals surface area contributed by atoms with E-state index in [-0.39, 0.29) is 0 Å². The summed E-state index contributed by atoms with van der Waals surface area (Å²) >= 11 is 0. The standard InChI is InChI=1S/C24H33N3O2/c1-15-10-17(11-15)27-9-5-6-16(14-27)25-24-18-7-4-8-20(18)26-21-13-23(29-3)22(28-2)12-19(21)24/h12-13,15-17H,4-11,14H2,1-3H3,(H,25,26)/t15?,16-,17?/m1/s1. The first-order chi connectivity index (χ1) is 14.2. The fourth-order valence-corrected chi connectivity index (χ4v) is 5.57. The third-order valence-electron chi connectivity index (χ3n) is 7.18. The number of rotatable bonds is 5. The van der Waals surface area contributed by atoms with Crippen molar-refractivity contribution < 1.29 is 9.47 Å².